The van der Waals surface area contributed by atoms with Crippen LogP contribution in [-0.4, -0.2) is 11.7 Å². The molecule has 27 heavy (non-hydrogen) atoms. The van der Waals surface area contributed by atoms with Gasteiger partial charge in [-0.2, -0.15) is 0 Å². The van der Waals surface area contributed by atoms with Crippen molar-refractivity contribution in [1.29, 1.82) is 0 Å². The van der Waals surface area contributed by atoms with Gasteiger partial charge in [-0.25, -0.2) is 0 Å². The van der Waals surface area contributed by atoms with Crippen LogP contribution in [0.3, 0.4) is 0 Å². The van der Waals surface area contributed by atoms with Crippen LogP contribution in [0.2, 0.25) is 0 Å². The Morgan fingerprint density at radius 2 is 1.22 bits per heavy atom. The fourth-order valence-corrected chi connectivity index (χ4v) is 2.45. The number of aliphatic hydroxyl groups is 1. The maximum Gasteiger partial charge on any atom is 0.153 e. The Morgan fingerprint density at radius 3 is 1.81 bits per heavy atom. The third kappa shape index (κ3) is 20.2. The minimum atomic E-state index is 0.479. The first kappa shape index (κ1) is 25.0. The van der Waals surface area contributed by atoms with Gasteiger partial charge >= 0.3 is 0 Å². The van der Waals surface area contributed by atoms with Crippen molar-refractivity contribution in [3.05, 3.63) is 72.8 Å². The van der Waals surface area contributed by atoms with Crippen molar-refractivity contribution in [3.8, 4) is 0 Å². The molecule has 2 nitrogen and oxygen atoms in total. The monoisotopic (exact) mass is 372 g/mol. The number of hydrogen-bond acceptors (Lipinski definition) is 2. The maximum atomic E-state index is 9.00. The van der Waals surface area contributed by atoms with Crippen molar-refractivity contribution < 1.29 is 9.84 Å². The van der Waals surface area contributed by atoms with E-state index in [1.807, 2.05) is 43.4 Å². The number of aliphatic hydroxyl groups excluding tert-OH is 1. The van der Waals surface area contributed by atoms with E-state index in [9.17, 15) is 0 Å². The lowest BCUT2D eigenvalue weighted by Crippen LogP contribution is -1.90. The topological polar surface area (TPSA) is 29.5 Å². The van der Waals surface area contributed by atoms with Gasteiger partial charge in [0.05, 0.1) is 6.61 Å². The molecule has 0 aromatic heterocycles. The molecule has 0 unspecified atom stereocenters. The summed E-state index contributed by atoms with van der Waals surface area (Å²) in [6.45, 7) is 4.91. The van der Waals surface area contributed by atoms with Crippen LogP contribution in [0, 0.1) is 0 Å². The van der Waals surface area contributed by atoms with Crippen molar-refractivity contribution in [2.45, 2.75) is 78.1 Å². The molecule has 0 heterocycles. The Kier molecular flexibility index (Phi) is 20.5. The summed E-state index contributed by atoms with van der Waals surface area (Å²) in [5, 5.41) is 9.00. The van der Waals surface area contributed by atoms with E-state index >= 15 is 0 Å². The largest absolute Gasteiger partial charge is 0.512 e. The highest BCUT2D eigenvalue weighted by molar-refractivity contribution is 5.20. The molecule has 2 heteroatoms. The van der Waals surface area contributed by atoms with E-state index in [2.05, 4.69) is 25.2 Å². The van der Waals surface area contributed by atoms with Crippen molar-refractivity contribution in [3.63, 3.8) is 0 Å². The average Bonchev–Trinajstić information content (AvgIpc) is 2.69. The summed E-state index contributed by atoms with van der Waals surface area (Å²) in [5.74, 6) is 0.479. The molecule has 0 atom stereocenters. The van der Waals surface area contributed by atoms with Crippen LogP contribution in [0.4, 0.5) is 0 Å². The molecule has 0 aliphatic carbocycles. The Hall–Kier alpha value is -1.96. The SMILES string of the molecule is CCCCCCCCCCC=CC=CC=CC=CC=CC(=CO)OCCC. The first-order valence-corrected chi connectivity index (χ1v) is 10.7. The first-order chi connectivity index (χ1) is 13.3. The van der Waals surface area contributed by atoms with Gasteiger partial charge in [-0.1, -0.05) is 113 Å². The van der Waals surface area contributed by atoms with Gasteiger partial charge < -0.3 is 9.84 Å². The zero-order valence-electron chi connectivity index (χ0n) is 17.5. The van der Waals surface area contributed by atoms with Gasteiger partial charge in [0, 0.05) is 0 Å². The highest BCUT2D eigenvalue weighted by Crippen LogP contribution is 2.09. The van der Waals surface area contributed by atoms with Gasteiger partial charge in [0.15, 0.2) is 5.76 Å². The number of allylic oxidation sites excluding steroid dienone is 10. The maximum absolute atomic E-state index is 9.00. The Labute approximate surface area is 167 Å². The zero-order chi connectivity index (χ0) is 19.8. The highest BCUT2D eigenvalue weighted by atomic mass is 16.5. The van der Waals surface area contributed by atoms with Crippen LogP contribution in [0.15, 0.2) is 72.8 Å². The second-order valence-electron chi connectivity index (χ2n) is 6.59. The van der Waals surface area contributed by atoms with Crippen LogP contribution in [-0.2, 0) is 4.74 Å². The standard InChI is InChI=1S/C25H40O2/c1-3-5-6-7-8-9-10-11-12-13-14-15-16-17-18-19-20-21-22-25(24-26)27-23-4-2/h13-22,24,26H,3-12,23H2,1-2H3. The third-order valence-corrected chi connectivity index (χ3v) is 4.00. The van der Waals surface area contributed by atoms with E-state index < -0.39 is 0 Å². The summed E-state index contributed by atoms with van der Waals surface area (Å²) in [4.78, 5) is 0. The van der Waals surface area contributed by atoms with Crippen molar-refractivity contribution >= 4 is 0 Å². The molecule has 0 amide bonds. The molecule has 0 bridgehead atoms. The second-order valence-corrected chi connectivity index (χ2v) is 6.59. The fraction of sp³-hybridized carbons (Fsp3) is 0.520. The van der Waals surface area contributed by atoms with E-state index in [0.29, 0.717) is 12.4 Å². The molecule has 0 aliphatic heterocycles. The normalized spacial score (nSPS) is 13.3. The van der Waals surface area contributed by atoms with E-state index in [1.165, 1.54) is 57.8 Å². The van der Waals surface area contributed by atoms with Gasteiger partial charge in [-0.15, -0.1) is 0 Å². The lowest BCUT2D eigenvalue weighted by Gasteiger charge is -2.01. The number of ether oxygens (including phenoxy) is 1. The summed E-state index contributed by atoms with van der Waals surface area (Å²) < 4.78 is 5.33. The van der Waals surface area contributed by atoms with Crippen LogP contribution >= 0.6 is 0 Å². The molecular formula is C25H40O2. The Morgan fingerprint density at radius 1 is 0.667 bits per heavy atom. The Balaban J connectivity index is 3.67. The predicted octanol–water partition coefficient (Wildman–Crippen LogP) is 8.12. The van der Waals surface area contributed by atoms with E-state index in [1.54, 1.807) is 6.08 Å². The van der Waals surface area contributed by atoms with E-state index in [0.717, 1.165) is 12.7 Å². The lowest BCUT2D eigenvalue weighted by atomic mass is 10.1. The minimum absolute atomic E-state index is 0.479. The average molecular weight is 373 g/mol. The molecule has 152 valence electrons. The zero-order valence-corrected chi connectivity index (χ0v) is 17.5. The fourth-order valence-electron chi connectivity index (χ4n) is 2.45. The van der Waals surface area contributed by atoms with E-state index in [4.69, 9.17) is 9.84 Å². The summed E-state index contributed by atoms with van der Waals surface area (Å²) >= 11 is 0. The van der Waals surface area contributed by atoms with Crippen LogP contribution < -0.4 is 0 Å². The van der Waals surface area contributed by atoms with Gasteiger partial charge in [-0.3, -0.25) is 0 Å². The van der Waals surface area contributed by atoms with Crippen molar-refractivity contribution in [1.82, 2.24) is 0 Å². The van der Waals surface area contributed by atoms with Gasteiger partial charge in [0.25, 0.3) is 0 Å². The number of hydrogen-bond donors (Lipinski definition) is 1. The van der Waals surface area contributed by atoms with E-state index in [-0.39, 0.29) is 0 Å². The van der Waals surface area contributed by atoms with Gasteiger partial charge in [0.2, 0.25) is 0 Å². The van der Waals surface area contributed by atoms with Crippen LogP contribution in [0.5, 0.6) is 0 Å². The predicted molar refractivity (Wildman–Crippen MR) is 120 cm³/mol. The lowest BCUT2D eigenvalue weighted by molar-refractivity contribution is 0.213. The molecule has 0 saturated heterocycles. The smallest absolute Gasteiger partial charge is 0.153 e. The molecule has 0 aliphatic rings. The third-order valence-electron chi connectivity index (χ3n) is 4.00. The summed E-state index contributed by atoms with van der Waals surface area (Å²) in [6, 6.07) is 0. The molecule has 0 rings (SSSR count). The summed E-state index contributed by atoms with van der Waals surface area (Å²) in [6.07, 6.45) is 34.0. The quantitative estimate of drug-likeness (QED) is 0.159. The van der Waals surface area contributed by atoms with Gasteiger partial charge in [0.1, 0.15) is 6.26 Å². The van der Waals surface area contributed by atoms with Gasteiger partial charge in [-0.05, 0) is 25.3 Å². The highest BCUT2D eigenvalue weighted by Gasteiger charge is 1.90. The number of rotatable bonds is 17. The molecule has 0 aromatic rings. The van der Waals surface area contributed by atoms with Crippen LogP contribution in [0.25, 0.3) is 0 Å². The molecule has 0 saturated carbocycles. The first-order valence-electron chi connectivity index (χ1n) is 10.7. The molecular weight excluding hydrogens is 332 g/mol. The Bertz CT molecular complexity index is 479. The molecule has 0 spiro atoms. The minimum Gasteiger partial charge on any atom is -0.512 e. The second kappa shape index (κ2) is 22.1. The number of unbranched alkanes of at least 4 members (excludes halogenated alkanes) is 8. The molecule has 0 radical (unpaired) electrons. The summed E-state index contributed by atoms with van der Waals surface area (Å²) in [5.41, 5.74) is 0. The summed E-state index contributed by atoms with van der Waals surface area (Å²) in [7, 11) is 0. The van der Waals surface area contributed by atoms with Crippen molar-refractivity contribution in [2.24, 2.45) is 0 Å². The van der Waals surface area contributed by atoms with Crippen LogP contribution in [0.1, 0.15) is 78.1 Å². The molecule has 0 aromatic carbocycles. The van der Waals surface area contributed by atoms with Crippen molar-refractivity contribution in [2.75, 3.05) is 6.61 Å². The molecule has 0 fully saturated rings. The molecule has 1 N–H and O–H groups in total.